The minimum Gasteiger partial charge on any atom is -0.318 e. The summed E-state index contributed by atoms with van der Waals surface area (Å²) in [4.78, 5) is 0. The molecule has 0 aliphatic carbocycles. The van der Waals surface area contributed by atoms with E-state index in [9.17, 15) is 4.39 Å². The molecule has 0 aliphatic rings. The van der Waals surface area contributed by atoms with Gasteiger partial charge >= 0.3 is 0 Å². The Labute approximate surface area is 104 Å². The van der Waals surface area contributed by atoms with Gasteiger partial charge in [-0.15, -0.1) is 0 Å². The second-order valence-electron chi connectivity index (χ2n) is 3.72. The Bertz CT molecular complexity index is 510. The minimum absolute atomic E-state index is 0.130. The Morgan fingerprint density at radius 1 is 1.41 bits per heavy atom. The van der Waals surface area contributed by atoms with E-state index in [4.69, 9.17) is 11.6 Å². The zero-order valence-electron chi connectivity index (χ0n) is 9.45. The van der Waals surface area contributed by atoms with E-state index in [1.165, 1.54) is 6.07 Å². The lowest BCUT2D eigenvalue weighted by Crippen LogP contribution is -2.14. The van der Waals surface area contributed by atoms with Gasteiger partial charge in [0.25, 0.3) is 0 Å². The second-order valence-corrected chi connectivity index (χ2v) is 4.13. The first-order valence-corrected chi connectivity index (χ1v) is 5.71. The van der Waals surface area contributed by atoms with Gasteiger partial charge < -0.3 is 5.32 Å². The van der Waals surface area contributed by atoms with Crippen molar-refractivity contribution in [2.24, 2.45) is 0 Å². The molecule has 0 spiro atoms. The first-order chi connectivity index (χ1) is 8.20. The molecule has 0 atom stereocenters. The predicted octanol–water partition coefficient (Wildman–Crippen LogP) is 2.56. The number of likely N-dealkylation sites (N-methyl/N-ethyl adjacent to an activating group) is 1. The number of aromatic nitrogens is 2. The third kappa shape index (κ3) is 2.84. The van der Waals surface area contributed by atoms with Crippen LogP contribution in [0.1, 0.15) is 0 Å². The minimum atomic E-state index is -0.405. The molecule has 90 valence electrons. The van der Waals surface area contributed by atoms with E-state index in [2.05, 4.69) is 10.4 Å². The molecule has 0 radical (unpaired) electrons. The highest BCUT2D eigenvalue weighted by atomic mass is 35.5. The van der Waals surface area contributed by atoms with Crippen LogP contribution in [0.25, 0.3) is 11.1 Å². The van der Waals surface area contributed by atoms with Gasteiger partial charge in [0.05, 0.1) is 17.8 Å². The zero-order valence-corrected chi connectivity index (χ0v) is 10.2. The lowest BCUT2D eigenvalue weighted by molar-refractivity contribution is 0.585. The molecule has 0 saturated carbocycles. The maximum Gasteiger partial charge on any atom is 0.141 e. The number of benzene rings is 1. The number of halogens is 2. The molecule has 0 unspecified atom stereocenters. The molecule has 1 heterocycles. The second kappa shape index (κ2) is 5.29. The molecular weight excluding hydrogens is 241 g/mol. The van der Waals surface area contributed by atoms with Gasteiger partial charge in [0.1, 0.15) is 5.82 Å². The summed E-state index contributed by atoms with van der Waals surface area (Å²) in [6.45, 7) is 1.65. The van der Waals surface area contributed by atoms with Crippen molar-refractivity contribution in [3.05, 3.63) is 41.4 Å². The number of hydrogen-bond acceptors (Lipinski definition) is 2. The summed E-state index contributed by atoms with van der Waals surface area (Å²) >= 11 is 5.74. The average molecular weight is 254 g/mol. The Balaban J connectivity index is 2.21. The van der Waals surface area contributed by atoms with Crippen molar-refractivity contribution in [3.63, 3.8) is 0 Å². The number of rotatable bonds is 4. The summed E-state index contributed by atoms with van der Waals surface area (Å²) in [6.07, 6.45) is 3.67. The summed E-state index contributed by atoms with van der Waals surface area (Å²) in [7, 11) is 1.89. The number of nitrogens with zero attached hydrogens (tertiary/aromatic N) is 2. The lowest BCUT2D eigenvalue weighted by atomic mass is 10.1. The summed E-state index contributed by atoms with van der Waals surface area (Å²) in [5.41, 5.74) is 1.80. The van der Waals surface area contributed by atoms with Gasteiger partial charge in [-0.25, -0.2) is 4.39 Å². The van der Waals surface area contributed by atoms with E-state index in [-0.39, 0.29) is 5.02 Å². The molecule has 0 fully saturated rings. The van der Waals surface area contributed by atoms with Crippen LogP contribution in [0.5, 0.6) is 0 Å². The third-order valence-corrected chi connectivity index (χ3v) is 2.77. The largest absolute Gasteiger partial charge is 0.318 e. The molecule has 1 aromatic carbocycles. The Hall–Kier alpha value is -1.39. The van der Waals surface area contributed by atoms with Gasteiger partial charge in [-0.3, -0.25) is 4.68 Å². The molecule has 0 aliphatic heterocycles. The van der Waals surface area contributed by atoms with E-state index in [0.717, 1.165) is 24.2 Å². The maximum absolute atomic E-state index is 13.0. The van der Waals surface area contributed by atoms with Crippen LogP contribution in [0.15, 0.2) is 30.6 Å². The Kier molecular flexibility index (Phi) is 3.76. The van der Waals surface area contributed by atoms with Crippen molar-refractivity contribution in [2.45, 2.75) is 6.54 Å². The monoisotopic (exact) mass is 253 g/mol. The summed E-state index contributed by atoms with van der Waals surface area (Å²) in [5.74, 6) is -0.405. The smallest absolute Gasteiger partial charge is 0.141 e. The van der Waals surface area contributed by atoms with Crippen molar-refractivity contribution in [2.75, 3.05) is 13.6 Å². The number of hydrogen-bond donors (Lipinski definition) is 1. The standard InChI is InChI=1S/C12H13ClFN3/c1-15-4-5-17-8-10(7-16-17)9-2-3-12(14)11(13)6-9/h2-3,6-8,15H,4-5H2,1H3. The van der Waals surface area contributed by atoms with E-state index in [1.807, 2.05) is 17.9 Å². The Morgan fingerprint density at radius 3 is 2.94 bits per heavy atom. The van der Waals surface area contributed by atoms with Crippen molar-refractivity contribution in [3.8, 4) is 11.1 Å². The molecule has 1 aromatic heterocycles. The molecule has 0 saturated heterocycles. The molecule has 0 amide bonds. The van der Waals surface area contributed by atoms with Crippen LogP contribution >= 0.6 is 11.6 Å². The third-order valence-electron chi connectivity index (χ3n) is 2.48. The van der Waals surface area contributed by atoms with Crippen LogP contribution < -0.4 is 5.32 Å². The SMILES string of the molecule is CNCCn1cc(-c2ccc(F)c(Cl)c2)cn1. The van der Waals surface area contributed by atoms with E-state index < -0.39 is 5.82 Å². The van der Waals surface area contributed by atoms with E-state index in [1.54, 1.807) is 18.3 Å². The maximum atomic E-state index is 13.0. The highest BCUT2D eigenvalue weighted by Gasteiger charge is 2.05. The van der Waals surface area contributed by atoms with Crippen molar-refractivity contribution in [1.82, 2.24) is 15.1 Å². The Morgan fingerprint density at radius 2 is 2.24 bits per heavy atom. The van der Waals surface area contributed by atoms with Gasteiger partial charge in [-0.1, -0.05) is 17.7 Å². The molecule has 0 bridgehead atoms. The average Bonchev–Trinajstić information content (AvgIpc) is 2.79. The summed E-state index contributed by atoms with van der Waals surface area (Å²) < 4.78 is 14.9. The van der Waals surface area contributed by atoms with E-state index >= 15 is 0 Å². The molecule has 2 aromatic rings. The zero-order chi connectivity index (χ0) is 12.3. The summed E-state index contributed by atoms with van der Waals surface area (Å²) in [6, 6.07) is 4.67. The highest BCUT2D eigenvalue weighted by Crippen LogP contribution is 2.24. The van der Waals surface area contributed by atoms with Crippen molar-refractivity contribution < 1.29 is 4.39 Å². The number of nitrogens with one attached hydrogen (secondary N) is 1. The van der Waals surface area contributed by atoms with Gasteiger partial charge in [-0.2, -0.15) is 5.10 Å². The fraction of sp³-hybridized carbons (Fsp3) is 0.250. The van der Waals surface area contributed by atoms with Crippen LogP contribution in [0.4, 0.5) is 4.39 Å². The topological polar surface area (TPSA) is 29.9 Å². The molecule has 3 nitrogen and oxygen atoms in total. The van der Waals surface area contributed by atoms with Crippen LogP contribution in [0.3, 0.4) is 0 Å². The predicted molar refractivity (Wildman–Crippen MR) is 66.6 cm³/mol. The fourth-order valence-electron chi connectivity index (χ4n) is 1.54. The first-order valence-electron chi connectivity index (χ1n) is 5.33. The molecule has 5 heteroatoms. The molecular formula is C12H13ClFN3. The van der Waals surface area contributed by atoms with Crippen LogP contribution in [-0.4, -0.2) is 23.4 Å². The highest BCUT2D eigenvalue weighted by molar-refractivity contribution is 6.31. The van der Waals surface area contributed by atoms with Gasteiger partial charge in [0.2, 0.25) is 0 Å². The molecule has 2 rings (SSSR count). The summed E-state index contributed by atoms with van der Waals surface area (Å²) in [5, 5.41) is 7.40. The molecule has 17 heavy (non-hydrogen) atoms. The normalized spacial score (nSPS) is 10.8. The lowest BCUT2D eigenvalue weighted by Gasteiger charge is -2.00. The van der Waals surface area contributed by atoms with Gasteiger partial charge in [-0.05, 0) is 24.7 Å². The van der Waals surface area contributed by atoms with Gasteiger partial charge in [0, 0.05) is 18.3 Å². The van der Waals surface area contributed by atoms with Crippen molar-refractivity contribution >= 4 is 11.6 Å². The van der Waals surface area contributed by atoms with Crippen LogP contribution in [0, 0.1) is 5.82 Å². The van der Waals surface area contributed by atoms with Crippen molar-refractivity contribution in [1.29, 1.82) is 0 Å². The molecule has 1 N–H and O–H groups in total. The van der Waals surface area contributed by atoms with Gasteiger partial charge in [0.15, 0.2) is 0 Å². The van der Waals surface area contributed by atoms with Crippen LogP contribution in [-0.2, 0) is 6.54 Å². The quantitative estimate of drug-likeness (QED) is 0.908. The van der Waals surface area contributed by atoms with E-state index in [0.29, 0.717) is 0 Å². The first kappa shape index (κ1) is 12.1. The van der Waals surface area contributed by atoms with Crippen LogP contribution in [0.2, 0.25) is 5.02 Å². The fourth-order valence-corrected chi connectivity index (χ4v) is 1.72.